The van der Waals surface area contributed by atoms with Crippen molar-refractivity contribution < 1.29 is 9.53 Å². The second-order valence-electron chi connectivity index (χ2n) is 8.50. The number of hydrogen-bond acceptors (Lipinski definition) is 4. The average Bonchev–Trinajstić information content (AvgIpc) is 3.09. The predicted octanol–water partition coefficient (Wildman–Crippen LogP) is 3.89. The zero-order chi connectivity index (χ0) is 21.2. The number of para-hydroxylation sites is 2. The van der Waals surface area contributed by atoms with E-state index in [0.717, 1.165) is 31.4 Å². The maximum atomic E-state index is 12.9. The van der Waals surface area contributed by atoms with E-state index >= 15 is 0 Å². The van der Waals surface area contributed by atoms with Crippen LogP contribution in [0.15, 0.2) is 54.6 Å². The first-order valence-corrected chi connectivity index (χ1v) is 10.4. The third-order valence-electron chi connectivity index (χ3n) is 6.73. The highest BCUT2D eigenvalue weighted by molar-refractivity contribution is 5.96. The van der Waals surface area contributed by atoms with Crippen molar-refractivity contribution in [2.75, 3.05) is 32.1 Å². The number of hydrogen-bond donors (Lipinski definition) is 1. The van der Waals surface area contributed by atoms with Gasteiger partial charge in [0.25, 0.3) is 0 Å². The van der Waals surface area contributed by atoms with Gasteiger partial charge in [-0.25, -0.2) is 4.79 Å². The summed E-state index contributed by atoms with van der Waals surface area (Å²) in [6.07, 6.45) is 3.77. The Morgan fingerprint density at radius 1 is 1.07 bits per heavy atom. The lowest BCUT2D eigenvalue weighted by Gasteiger charge is -2.48. The normalized spacial score (nSPS) is 25.9. The predicted molar refractivity (Wildman–Crippen MR) is 116 cm³/mol. The lowest BCUT2D eigenvalue weighted by atomic mass is 9.69. The van der Waals surface area contributed by atoms with Crippen LogP contribution in [0.2, 0.25) is 0 Å². The molecule has 1 saturated heterocycles. The lowest BCUT2D eigenvalue weighted by molar-refractivity contribution is 0.0658. The van der Waals surface area contributed by atoms with Gasteiger partial charge in [-0.1, -0.05) is 42.5 Å². The average molecular weight is 405 g/mol. The molecule has 1 aliphatic heterocycles. The van der Waals surface area contributed by atoms with Gasteiger partial charge >= 0.3 is 6.03 Å². The van der Waals surface area contributed by atoms with Gasteiger partial charge in [0.2, 0.25) is 0 Å². The van der Waals surface area contributed by atoms with E-state index in [-0.39, 0.29) is 23.7 Å². The summed E-state index contributed by atoms with van der Waals surface area (Å²) in [4.78, 5) is 17.0. The van der Waals surface area contributed by atoms with Crippen molar-refractivity contribution in [1.29, 1.82) is 5.26 Å². The van der Waals surface area contributed by atoms with Gasteiger partial charge < -0.3 is 10.1 Å². The van der Waals surface area contributed by atoms with Crippen LogP contribution in [0.25, 0.3) is 0 Å². The number of nitrogens with zero attached hydrogens (tertiary/aromatic N) is 3. The van der Waals surface area contributed by atoms with E-state index in [1.165, 1.54) is 5.56 Å². The molecule has 0 aromatic heterocycles. The Hall–Kier alpha value is -3.04. The lowest BCUT2D eigenvalue weighted by Crippen LogP contribution is -2.54. The van der Waals surface area contributed by atoms with Crippen LogP contribution in [-0.4, -0.2) is 43.7 Å². The van der Waals surface area contributed by atoms with E-state index in [2.05, 4.69) is 54.6 Å². The van der Waals surface area contributed by atoms with Crippen molar-refractivity contribution in [2.45, 2.75) is 36.8 Å². The fourth-order valence-corrected chi connectivity index (χ4v) is 4.98. The van der Waals surface area contributed by atoms with E-state index < -0.39 is 0 Å². The second-order valence-corrected chi connectivity index (χ2v) is 8.50. The molecule has 2 aromatic carbocycles. The van der Waals surface area contributed by atoms with Crippen LogP contribution in [-0.2, 0) is 5.54 Å². The Kier molecular flexibility index (Phi) is 5.40. The van der Waals surface area contributed by atoms with Crippen LogP contribution in [0.5, 0.6) is 5.75 Å². The topological polar surface area (TPSA) is 68.6 Å². The number of amides is 2. The maximum absolute atomic E-state index is 12.9. The minimum absolute atomic E-state index is 0.0154. The molecular formula is C24H28N4O2. The molecule has 156 valence electrons. The number of benzene rings is 2. The number of ether oxygens (including phenoxy) is 1. The van der Waals surface area contributed by atoms with Crippen LogP contribution in [0.3, 0.4) is 0 Å². The molecule has 6 heteroatoms. The highest BCUT2D eigenvalue weighted by atomic mass is 16.5. The van der Waals surface area contributed by atoms with Crippen molar-refractivity contribution in [2.24, 2.45) is 0 Å². The van der Waals surface area contributed by atoms with Crippen molar-refractivity contribution in [3.63, 3.8) is 0 Å². The number of carbonyl (C=O) groups excluding carboxylic acids is 1. The summed E-state index contributed by atoms with van der Waals surface area (Å²) in [5.74, 6) is 0.564. The van der Waals surface area contributed by atoms with Crippen LogP contribution in [0.1, 0.15) is 31.2 Å². The van der Waals surface area contributed by atoms with Gasteiger partial charge in [0, 0.05) is 5.54 Å². The van der Waals surface area contributed by atoms with Gasteiger partial charge in [-0.05, 0) is 57.5 Å². The first-order valence-electron chi connectivity index (χ1n) is 10.4. The Labute approximate surface area is 178 Å². The molecule has 2 aliphatic rings. The molecule has 1 saturated carbocycles. The molecule has 1 heterocycles. The summed E-state index contributed by atoms with van der Waals surface area (Å²) in [5.41, 5.74) is 1.79. The van der Waals surface area contributed by atoms with Crippen molar-refractivity contribution >= 4 is 11.7 Å². The van der Waals surface area contributed by atoms with E-state index in [1.807, 2.05) is 24.3 Å². The fourth-order valence-electron chi connectivity index (χ4n) is 4.98. The number of anilines is 1. The minimum Gasteiger partial charge on any atom is -0.477 e. The molecule has 0 atom stereocenters. The zero-order valence-electron chi connectivity index (χ0n) is 17.6. The maximum Gasteiger partial charge on any atom is 0.322 e. The van der Waals surface area contributed by atoms with Gasteiger partial charge in [0.1, 0.15) is 11.8 Å². The molecule has 0 radical (unpaired) electrons. The fraction of sp³-hybridized carbons (Fsp3) is 0.417. The molecule has 2 amide bonds. The molecule has 1 spiro atoms. The molecule has 2 fully saturated rings. The number of urea groups is 1. The number of carbonyl (C=O) groups is 1. The quantitative estimate of drug-likeness (QED) is 0.821. The SMILES string of the molecule is CN(C)[C@]1(c2ccccc2)CC[C@]2(CC1)CN(c1ccccc1OCC#N)C(=O)N2. The number of nitriles is 1. The van der Waals surface area contributed by atoms with Gasteiger partial charge in [-0.15, -0.1) is 0 Å². The first kappa shape index (κ1) is 20.2. The monoisotopic (exact) mass is 404 g/mol. The van der Waals surface area contributed by atoms with Crippen molar-refractivity contribution in [1.82, 2.24) is 10.2 Å². The second kappa shape index (κ2) is 8.00. The third kappa shape index (κ3) is 3.50. The summed E-state index contributed by atoms with van der Waals surface area (Å²) < 4.78 is 5.56. The minimum atomic E-state index is -0.242. The Bertz CT molecular complexity index is 943. The number of rotatable bonds is 5. The molecule has 2 aromatic rings. The van der Waals surface area contributed by atoms with Gasteiger partial charge in [-0.2, -0.15) is 5.26 Å². The summed E-state index contributed by atoms with van der Waals surface area (Å²) in [7, 11) is 4.29. The molecule has 30 heavy (non-hydrogen) atoms. The molecule has 1 N–H and O–H groups in total. The summed E-state index contributed by atoms with van der Waals surface area (Å²) >= 11 is 0. The molecule has 0 bridgehead atoms. The van der Waals surface area contributed by atoms with E-state index in [0.29, 0.717) is 12.3 Å². The van der Waals surface area contributed by atoms with Gasteiger partial charge in [0.15, 0.2) is 6.61 Å². The van der Waals surface area contributed by atoms with E-state index in [1.54, 1.807) is 11.0 Å². The highest BCUT2D eigenvalue weighted by Crippen LogP contribution is 2.46. The van der Waals surface area contributed by atoms with Crippen LogP contribution < -0.4 is 15.0 Å². The van der Waals surface area contributed by atoms with Crippen LogP contribution >= 0.6 is 0 Å². The standard InChI is InChI=1S/C24H28N4O2/c1-27(2)24(19-8-4-3-5-9-19)14-12-23(13-15-24)18-28(22(29)26-23)20-10-6-7-11-21(20)30-17-16-25/h3-11H,12-15,17-18H2,1-2H3,(H,26,29)/t23-,24+. The molecule has 6 nitrogen and oxygen atoms in total. The highest BCUT2D eigenvalue weighted by Gasteiger charge is 2.50. The smallest absolute Gasteiger partial charge is 0.322 e. The Morgan fingerprint density at radius 3 is 2.40 bits per heavy atom. The largest absolute Gasteiger partial charge is 0.477 e. The summed E-state index contributed by atoms with van der Waals surface area (Å²) in [6, 6.07) is 20.0. The molecule has 0 unspecified atom stereocenters. The summed E-state index contributed by atoms with van der Waals surface area (Å²) in [6.45, 7) is 0.567. The van der Waals surface area contributed by atoms with Crippen molar-refractivity contribution in [3.8, 4) is 11.8 Å². The van der Waals surface area contributed by atoms with Crippen LogP contribution in [0.4, 0.5) is 10.5 Å². The van der Waals surface area contributed by atoms with Gasteiger partial charge in [-0.3, -0.25) is 9.80 Å². The van der Waals surface area contributed by atoms with Crippen LogP contribution in [0, 0.1) is 11.3 Å². The summed E-state index contributed by atoms with van der Waals surface area (Å²) in [5, 5.41) is 12.1. The molecule has 4 rings (SSSR count). The first-order chi connectivity index (χ1) is 14.5. The Balaban J connectivity index is 1.55. The van der Waals surface area contributed by atoms with E-state index in [4.69, 9.17) is 10.00 Å². The van der Waals surface area contributed by atoms with Crippen molar-refractivity contribution in [3.05, 3.63) is 60.2 Å². The van der Waals surface area contributed by atoms with Gasteiger partial charge in [0.05, 0.1) is 17.8 Å². The number of nitrogens with one attached hydrogen (secondary N) is 1. The zero-order valence-corrected chi connectivity index (χ0v) is 17.6. The third-order valence-corrected chi connectivity index (χ3v) is 6.73. The molecule has 1 aliphatic carbocycles. The molecular weight excluding hydrogens is 376 g/mol. The Morgan fingerprint density at radius 2 is 1.73 bits per heavy atom. The van der Waals surface area contributed by atoms with E-state index in [9.17, 15) is 4.79 Å².